The van der Waals surface area contributed by atoms with E-state index in [4.69, 9.17) is 41.6 Å². The second-order valence-corrected chi connectivity index (χ2v) is 16.8. The number of unbranched alkanes of at least 4 members (excludes halogenated alkanes) is 22. The minimum Gasteiger partial charge on any atom is -0.300 e. The first-order valence-corrected chi connectivity index (χ1v) is 24.7. The maximum absolute atomic E-state index is 12.1. The zero-order valence-corrected chi connectivity index (χ0v) is 37.0. The molecule has 2 nitrogen and oxygen atoms in total. The summed E-state index contributed by atoms with van der Waals surface area (Å²) in [7, 11) is 0. The molecule has 2 heteroatoms. The fourth-order valence-corrected chi connectivity index (χ4v) is 7.50. The average Bonchev–Trinajstić information content (AvgIpc) is 3.58. The van der Waals surface area contributed by atoms with Crippen LogP contribution < -0.4 is 0 Å². The van der Waals surface area contributed by atoms with E-state index in [2.05, 4.69) is 50.3 Å². The number of hydrogen-bond donors (Lipinski definition) is 0. The third-order valence-electron chi connectivity index (χ3n) is 11.3. The molecule has 0 spiro atoms. The monoisotopic (exact) mass is 825 g/mol. The van der Waals surface area contributed by atoms with E-state index in [1.807, 2.05) is 0 Å². The topological polar surface area (TPSA) is 34.1 Å². The van der Waals surface area contributed by atoms with E-state index >= 15 is 0 Å². The summed E-state index contributed by atoms with van der Waals surface area (Å²) in [5, 5.41) is 0. The lowest BCUT2D eigenvalue weighted by atomic mass is 10.0. The van der Waals surface area contributed by atoms with Crippen LogP contribution in [0.2, 0.25) is 0 Å². The molecule has 0 amide bonds. The van der Waals surface area contributed by atoms with Crippen molar-refractivity contribution in [3.8, 4) is 0 Å². The molecule has 0 unspecified atom stereocenters. The molecule has 0 fully saturated rings. The molecule has 0 aromatic rings. The van der Waals surface area contributed by atoms with Crippen molar-refractivity contribution in [1.82, 2.24) is 0 Å². The Morgan fingerprint density at radius 2 is 0.745 bits per heavy atom. The van der Waals surface area contributed by atoms with Crippen LogP contribution in [0.3, 0.4) is 0 Å². The van der Waals surface area contributed by atoms with Gasteiger partial charge in [-0.15, -0.1) is 0 Å². The highest BCUT2D eigenvalue weighted by molar-refractivity contribution is 5.78. The first kappa shape index (κ1) is 34.4. The molecule has 1 rings (SSSR count). The maximum atomic E-state index is 12.1. The second kappa shape index (κ2) is 50.6. The number of ketones is 2. The highest BCUT2D eigenvalue weighted by Gasteiger charge is 2.03. The van der Waals surface area contributed by atoms with Crippen molar-refractivity contribution in [2.75, 3.05) is 0 Å². The summed E-state index contributed by atoms with van der Waals surface area (Å²) in [4.78, 5) is 23.7. The van der Waals surface area contributed by atoms with Crippen LogP contribution in [-0.2, 0) is 9.59 Å². The Hall–Kier alpha value is -1.44. The predicted octanol–water partition coefficient (Wildman–Crippen LogP) is 22.3. The van der Waals surface area contributed by atoms with Crippen LogP contribution in [0.25, 0.3) is 0 Å². The molecule has 0 atom stereocenters. The molecule has 1 aliphatic rings. The Bertz CT molecular complexity index is 890. The molecular weight excluding hydrogens is 669 g/mol. The summed E-state index contributed by atoms with van der Waals surface area (Å²) >= 11 is 0. The van der Waals surface area contributed by atoms with Gasteiger partial charge >= 0.3 is 0 Å². The molecule has 0 radical (unpaired) electrons. The number of rotatable bonds is 30. The molecule has 0 heterocycles. The van der Waals surface area contributed by atoms with Crippen molar-refractivity contribution in [2.45, 2.75) is 291 Å². The molecule has 0 N–H and O–H groups in total. The summed E-state index contributed by atoms with van der Waals surface area (Å²) in [6, 6.07) is 0. The molecule has 0 aromatic heterocycles. The molecule has 0 aromatic carbocycles. The van der Waals surface area contributed by atoms with Gasteiger partial charge in [0.25, 0.3) is 0 Å². The molecule has 352 valence electrons. The van der Waals surface area contributed by atoms with Gasteiger partial charge in [0, 0.05) is 67.3 Å². The number of Topliss-reactive ketones (excluding diaryl/α,β-unsaturated/α-hetero) is 2. The fourth-order valence-electron chi connectivity index (χ4n) is 7.50. The van der Waals surface area contributed by atoms with Crippen molar-refractivity contribution < 1.29 is 51.2 Å². The minimum absolute atomic E-state index is 0. The van der Waals surface area contributed by atoms with Gasteiger partial charge in [0.15, 0.2) is 0 Å². The van der Waals surface area contributed by atoms with Crippen LogP contribution in [0.4, 0.5) is 0 Å². The van der Waals surface area contributed by atoms with Gasteiger partial charge in [-0.3, -0.25) is 9.59 Å². The predicted molar refractivity (Wildman–Crippen MR) is 279 cm³/mol. The van der Waals surface area contributed by atoms with E-state index in [0.717, 1.165) is 51.4 Å². The Balaban J connectivity index is -0.0000000572. The van der Waals surface area contributed by atoms with E-state index < -0.39 is 0 Å². The van der Waals surface area contributed by atoms with Crippen molar-refractivity contribution in [2.24, 2.45) is 0 Å². The van der Waals surface area contributed by atoms with E-state index in [0.29, 0.717) is 11.6 Å². The van der Waals surface area contributed by atoms with Gasteiger partial charge < -0.3 is 0 Å². The third kappa shape index (κ3) is 50.5. The Morgan fingerprint density at radius 3 is 1.11 bits per heavy atom. The van der Waals surface area contributed by atoms with Gasteiger partial charge in [-0.05, 0) is 103 Å². The van der Waals surface area contributed by atoms with Crippen molar-refractivity contribution in [3.63, 3.8) is 0 Å². The Morgan fingerprint density at radius 1 is 0.455 bits per heavy atom. The Kier molecular flexibility index (Phi) is 31.7. The van der Waals surface area contributed by atoms with Crippen LogP contribution in [-0.4, -0.2) is 11.6 Å². The molecule has 55 heavy (non-hydrogen) atoms. The molecule has 0 saturated carbocycles. The van der Waals surface area contributed by atoms with Crippen LogP contribution >= 0.6 is 0 Å². The average molecular weight is 826 g/mol. The minimum atomic E-state index is 0. The normalized spacial score (nSPS) is 17.2. The van der Waals surface area contributed by atoms with Gasteiger partial charge in [0.2, 0.25) is 0 Å². The zero-order chi connectivity index (χ0) is 67.1. The molecule has 0 saturated heterocycles. The summed E-state index contributed by atoms with van der Waals surface area (Å²) in [6.45, 7) is 4.56. The molecule has 0 bridgehead atoms. The SMILES string of the molecule is C.CCCCCCCC/C=C\CCCCCCCC(=O)CCCCCC/C=C\CCCCCCCCC.O=C1CCCCCCCC=CCCCCCCC1.[2H][2H].[2H][2H].[2H][2H].[2H][2H].[2H][2H].[2H][2H].[2H][2H].[2H][2H].[2H][2H].[2H][2H].[2H][2H].[2H][2H].[2H][2H].[2H][2H]. The first-order chi connectivity index (χ1) is 40.7. The summed E-state index contributed by atoms with van der Waals surface area (Å²) in [5.41, 5.74) is 0. The first-order valence-electron chi connectivity index (χ1n) is 38.7. The van der Waals surface area contributed by atoms with E-state index in [-0.39, 0.29) is 7.43 Å². The van der Waals surface area contributed by atoms with Gasteiger partial charge in [-0.1, -0.05) is 199 Å². The lowest BCUT2D eigenvalue weighted by Crippen LogP contribution is -1.97. The summed E-state index contributed by atoms with van der Waals surface area (Å²) < 4.78 is 140. The number of carbonyl (C=O) groups excluding carboxylic acids is 2. The highest BCUT2D eigenvalue weighted by Crippen LogP contribution is 2.15. The van der Waals surface area contributed by atoms with Crippen LogP contribution in [0.5, 0.6) is 0 Å². The van der Waals surface area contributed by atoms with Gasteiger partial charge in [-0.2, -0.15) is 0 Å². The Labute approximate surface area is 390 Å². The van der Waals surface area contributed by atoms with Gasteiger partial charge in [0.05, 0.1) is 0 Å². The molecule has 0 aliphatic heterocycles. The molecular formula is C53H128O2. The van der Waals surface area contributed by atoms with Crippen molar-refractivity contribution >= 4 is 11.6 Å². The second-order valence-electron chi connectivity index (χ2n) is 16.8. The van der Waals surface area contributed by atoms with Crippen molar-refractivity contribution in [3.05, 3.63) is 36.5 Å². The molecule has 1 aliphatic carbocycles. The van der Waals surface area contributed by atoms with Crippen LogP contribution in [0.1, 0.15) is 333 Å². The highest BCUT2D eigenvalue weighted by atomic mass is 16.1. The van der Waals surface area contributed by atoms with E-state index in [9.17, 15) is 9.59 Å². The fraction of sp³-hybridized carbons (Fsp3) is 0.849. The summed E-state index contributed by atoms with van der Waals surface area (Å²) in [6.07, 6.45) is 67.1. The quantitative estimate of drug-likeness (QED) is 0.0534. The van der Waals surface area contributed by atoms with Crippen molar-refractivity contribution in [1.29, 1.82) is 0 Å². The number of hydrogen-bond acceptors (Lipinski definition) is 2. The van der Waals surface area contributed by atoms with Crippen LogP contribution in [0, 0.1) is 0 Å². The van der Waals surface area contributed by atoms with Gasteiger partial charge in [0.1, 0.15) is 11.6 Å². The maximum Gasteiger partial charge on any atom is 0.132 e. The zero-order valence-electron chi connectivity index (χ0n) is 65.0. The number of carbonyl (C=O) groups is 2. The lowest BCUT2D eigenvalue weighted by Gasteiger charge is -2.02. The van der Waals surface area contributed by atoms with Crippen LogP contribution in [0.15, 0.2) is 36.5 Å². The van der Waals surface area contributed by atoms with E-state index in [1.54, 1.807) is 0 Å². The van der Waals surface area contributed by atoms with E-state index in [1.165, 1.54) is 218 Å². The smallest absolute Gasteiger partial charge is 0.132 e. The van der Waals surface area contributed by atoms with Gasteiger partial charge in [-0.25, -0.2) is 0 Å². The summed E-state index contributed by atoms with van der Waals surface area (Å²) in [5.74, 6) is 1.00. The lowest BCUT2D eigenvalue weighted by molar-refractivity contribution is -0.120. The largest absolute Gasteiger partial charge is 0.300 e. The third-order valence-corrected chi connectivity index (χ3v) is 11.3. The standard InChI is InChI=1S/C35H66O.C17H30O.CH4.14H2/c1-3-5-7-9-11-13-15-17-19-21-23-25-27-29-31-33-35(36)34-32-30-28-26-24-22-20-18-16-14-12-10-8-6-4-2;18-17-15-13-11-9-7-5-3-1-2-4-6-8-10-12-14-16-17;;;;;;;;;;;;;;;/h17,19-20,22H,3-16,18,21,23-34H2,1-2H3;1-2H,3-16H2;1H4;14*1H/b19-17-,22-20-;;;;;;;;;;;;;;;;/i;;;14*1+1D. The number of allylic oxidation sites excluding steroid dienone is 6.